The normalized spacial score (nSPS) is 34.2. The lowest BCUT2D eigenvalue weighted by Crippen LogP contribution is -2.52. The molecule has 0 saturated heterocycles. The van der Waals surface area contributed by atoms with Crippen LogP contribution in [0.2, 0.25) is 0 Å². The Kier molecular flexibility index (Phi) is 3.45. The van der Waals surface area contributed by atoms with Gasteiger partial charge < -0.3 is 5.73 Å². The van der Waals surface area contributed by atoms with Crippen molar-refractivity contribution in [2.24, 2.45) is 11.7 Å². The van der Waals surface area contributed by atoms with E-state index in [1.807, 2.05) is 0 Å². The second-order valence-corrected chi connectivity index (χ2v) is 4.92. The van der Waals surface area contributed by atoms with Gasteiger partial charge in [-0.25, -0.2) is 0 Å². The Labute approximate surface area is 91.6 Å². The number of Topliss-reactive ketones (excluding diaryl/α,β-unsaturated/α-hetero) is 1. The van der Waals surface area contributed by atoms with E-state index in [1.165, 1.54) is 22.6 Å². The summed E-state index contributed by atoms with van der Waals surface area (Å²) in [7, 11) is 0. The lowest BCUT2D eigenvalue weighted by atomic mass is 9.76. The van der Waals surface area contributed by atoms with Crippen molar-refractivity contribution in [1.82, 2.24) is 0 Å². The fourth-order valence-corrected chi connectivity index (χ4v) is 2.24. The molecule has 0 aromatic heterocycles. The zero-order valence-corrected chi connectivity index (χ0v) is 9.84. The number of rotatable bonds is 2. The third kappa shape index (κ3) is 2.49. The summed E-state index contributed by atoms with van der Waals surface area (Å²) >= 11 is 1.52. The molecule has 0 aromatic carbocycles. The average Bonchev–Trinajstić information content (AvgIpc) is 2.09. The van der Waals surface area contributed by atoms with Gasteiger partial charge in [0.15, 0.2) is 0 Å². The first-order valence-electron chi connectivity index (χ1n) is 4.49. The molecule has 0 bridgehead atoms. The number of hydrogen-bond acceptors (Lipinski definition) is 3. The van der Waals surface area contributed by atoms with Crippen molar-refractivity contribution in [2.75, 3.05) is 0 Å². The highest BCUT2D eigenvalue weighted by molar-refractivity contribution is 14.1. The molecular weight excluding hydrogens is 281 g/mol. The van der Waals surface area contributed by atoms with Gasteiger partial charge in [-0.1, -0.05) is 6.92 Å². The summed E-state index contributed by atoms with van der Waals surface area (Å²) < 4.78 is -0.436. The maximum absolute atomic E-state index is 11.4. The van der Waals surface area contributed by atoms with Crippen LogP contribution < -0.4 is 5.73 Å². The minimum absolute atomic E-state index is 0.403. The number of carbonyl (C=O) groups is 2. The first-order valence-corrected chi connectivity index (χ1v) is 5.57. The molecule has 0 spiro atoms. The molecule has 1 saturated carbocycles. The van der Waals surface area contributed by atoms with E-state index in [-0.39, 0.29) is 0 Å². The maximum atomic E-state index is 11.4. The van der Waals surface area contributed by atoms with Gasteiger partial charge in [-0.3, -0.25) is 9.59 Å². The third-order valence-electron chi connectivity index (χ3n) is 2.80. The van der Waals surface area contributed by atoms with E-state index in [2.05, 4.69) is 6.92 Å². The van der Waals surface area contributed by atoms with Crippen LogP contribution in [0.3, 0.4) is 0 Å². The van der Waals surface area contributed by atoms with Crippen LogP contribution in [-0.4, -0.2) is 15.1 Å². The first-order chi connectivity index (χ1) is 5.96. The van der Waals surface area contributed by atoms with Gasteiger partial charge in [0.25, 0.3) is 3.79 Å². The van der Waals surface area contributed by atoms with Crippen molar-refractivity contribution in [3.8, 4) is 0 Å². The smallest absolute Gasteiger partial charge is 0.259 e. The predicted molar refractivity (Wildman–Crippen MR) is 58.6 cm³/mol. The zero-order chi connectivity index (χ0) is 10.1. The van der Waals surface area contributed by atoms with E-state index >= 15 is 0 Å². The zero-order valence-electron chi connectivity index (χ0n) is 7.68. The Morgan fingerprint density at radius 1 is 1.38 bits per heavy atom. The summed E-state index contributed by atoms with van der Waals surface area (Å²) in [5.41, 5.74) is 5.03. The molecule has 1 rings (SSSR count). The van der Waals surface area contributed by atoms with E-state index in [0.29, 0.717) is 18.8 Å². The van der Waals surface area contributed by atoms with Crippen molar-refractivity contribution in [3.63, 3.8) is 0 Å². The van der Waals surface area contributed by atoms with E-state index in [1.54, 1.807) is 0 Å². The summed E-state index contributed by atoms with van der Waals surface area (Å²) in [6.45, 7) is 2.15. The predicted octanol–water partition coefficient (Wildman–Crippen LogP) is 1.42. The molecule has 0 aliphatic heterocycles. The number of hydrogen-bond donors (Lipinski definition) is 1. The van der Waals surface area contributed by atoms with E-state index in [4.69, 9.17) is 5.73 Å². The van der Waals surface area contributed by atoms with Gasteiger partial charge in [0, 0.05) is 22.6 Å². The Bertz CT molecular complexity index is 232. The second-order valence-electron chi connectivity index (χ2n) is 3.94. The Morgan fingerprint density at radius 2 is 1.85 bits per heavy atom. The molecule has 0 heterocycles. The molecule has 2 N–H and O–H groups in total. The highest BCUT2D eigenvalue weighted by Gasteiger charge is 2.39. The topological polar surface area (TPSA) is 60.2 Å². The van der Waals surface area contributed by atoms with Crippen LogP contribution in [0.15, 0.2) is 0 Å². The van der Waals surface area contributed by atoms with Gasteiger partial charge in [-0.15, -0.1) is 0 Å². The van der Waals surface area contributed by atoms with E-state index < -0.39 is 15.1 Å². The van der Waals surface area contributed by atoms with Crippen molar-refractivity contribution in [2.45, 2.75) is 38.1 Å². The number of carbonyl (C=O) groups excluding carboxylic acids is 2. The highest BCUT2D eigenvalue weighted by Crippen LogP contribution is 2.31. The quantitative estimate of drug-likeness (QED) is 0.476. The Hall–Kier alpha value is 0.0300. The summed E-state index contributed by atoms with van der Waals surface area (Å²) in [5.74, 6) is 0.230. The average molecular weight is 295 g/mol. The summed E-state index contributed by atoms with van der Waals surface area (Å²) in [4.78, 5) is 22.3. The molecule has 3 nitrogen and oxygen atoms in total. The molecule has 0 atom stereocenters. The number of nitrogens with two attached hydrogens (primary N) is 1. The van der Waals surface area contributed by atoms with Gasteiger partial charge in [-0.05, 0) is 31.6 Å². The molecule has 1 fully saturated rings. The molecule has 13 heavy (non-hydrogen) atoms. The fraction of sp³-hybridized carbons (Fsp3) is 0.778. The van der Waals surface area contributed by atoms with Crippen LogP contribution in [0.25, 0.3) is 0 Å². The lowest BCUT2D eigenvalue weighted by Gasteiger charge is -2.33. The lowest BCUT2D eigenvalue weighted by molar-refractivity contribution is -0.135. The van der Waals surface area contributed by atoms with Crippen LogP contribution in [0, 0.1) is 5.92 Å². The van der Waals surface area contributed by atoms with Crippen molar-refractivity contribution >= 4 is 32.2 Å². The largest absolute Gasteiger partial charge is 0.319 e. The van der Waals surface area contributed by atoms with Crippen LogP contribution in [0.5, 0.6) is 0 Å². The third-order valence-corrected chi connectivity index (χ3v) is 3.29. The van der Waals surface area contributed by atoms with Gasteiger partial charge in [0.1, 0.15) is 0 Å². The summed E-state index contributed by atoms with van der Waals surface area (Å²) in [6.07, 6.45) is 3.21. The molecule has 0 radical (unpaired) electrons. The molecule has 0 unspecified atom stereocenters. The summed E-state index contributed by atoms with van der Waals surface area (Å²) in [5, 5.41) is 0. The van der Waals surface area contributed by atoms with E-state index in [0.717, 1.165) is 12.8 Å². The van der Waals surface area contributed by atoms with Gasteiger partial charge >= 0.3 is 0 Å². The monoisotopic (exact) mass is 295 g/mol. The molecule has 74 valence electrons. The van der Waals surface area contributed by atoms with Crippen LogP contribution >= 0.6 is 22.6 Å². The minimum Gasteiger partial charge on any atom is -0.319 e. The standard InChI is InChI=1S/C9H14INO2/c1-6-2-4-9(11,5-3-6)7(12)8(10)13/h6H,2-5,11H2,1H3. The summed E-state index contributed by atoms with van der Waals surface area (Å²) in [6, 6.07) is 0. The maximum Gasteiger partial charge on any atom is 0.259 e. The first kappa shape index (κ1) is 11.1. The molecule has 0 aromatic rings. The minimum atomic E-state index is -0.856. The van der Waals surface area contributed by atoms with Crippen molar-refractivity contribution < 1.29 is 9.59 Å². The molecule has 0 amide bonds. The van der Waals surface area contributed by atoms with Gasteiger partial charge in [0.05, 0.1) is 5.54 Å². The Balaban J connectivity index is 2.67. The molecule has 1 aliphatic rings. The number of ketones is 1. The van der Waals surface area contributed by atoms with Crippen LogP contribution in [-0.2, 0) is 9.59 Å². The van der Waals surface area contributed by atoms with Crippen LogP contribution in [0.4, 0.5) is 0 Å². The fourth-order valence-electron chi connectivity index (χ4n) is 1.70. The Morgan fingerprint density at radius 3 is 2.23 bits per heavy atom. The highest BCUT2D eigenvalue weighted by atomic mass is 127. The molecule has 1 aliphatic carbocycles. The SMILES string of the molecule is CC1CCC(N)(C(=O)C(=O)I)CC1. The second kappa shape index (κ2) is 4.04. The van der Waals surface area contributed by atoms with Crippen LogP contribution in [0.1, 0.15) is 32.6 Å². The molecule has 4 heteroatoms. The van der Waals surface area contributed by atoms with Crippen molar-refractivity contribution in [3.05, 3.63) is 0 Å². The van der Waals surface area contributed by atoms with E-state index in [9.17, 15) is 9.59 Å². The van der Waals surface area contributed by atoms with Gasteiger partial charge in [0.2, 0.25) is 5.78 Å². The van der Waals surface area contributed by atoms with Gasteiger partial charge in [-0.2, -0.15) is 0 Å². The molecular formula is C9H14INO2. The number of halogens is 1. The van der Waals surface area contributed by atoms with Crippen molar-refractivity contribution in [1.29, 1.82) is 0 Å².